The highest BCUT2D eigenvalue weighted by Gasteiger charge is 2.14. The predicted molar refractivity (Wildman–Crippen MR) is 112 cm³/mol. The second-order valence-electron chi connectivity index (χ2n) is 6.08. The topological polar surface area (TPSA) is 89.6 Å². The van der Waals surface area contributed by atoms with E-state index < -0.39 is 0 Å². The minimum atomic E-state index is -0.368. The number of nitrogens with zero attached hydrogens (tertiary/aromatic N) is 1. The van der Waals surface area contributed by atoms with E-state index in [1.165, 1.54) is 25.6 Å². The number of thiazole rings is 1. The van der Waals surface area contributed by atoms with Crippen molar-refractivity contribution >= 4 is 28.3 Å². The minimum Gasteiger partial charge on any atom is -0.497 e. The Morgan fingerprint density at radius 3 is 2.34 bits per heavy atom. The van der Waals surface area contributed by atoms with Crippen LogP contribution in [-0.4, -0.2) is 37.6 Å². The van der Waals surface area contributed by atoms with Gasteiger partial charge in [0, 0.05) is 23.6 Å². The molecule has 150 valence electrons. The Balaban J connectivity index is 1.58. The molecule has 0 fully saturated rings. The second kappa shape index (κ2) is 9.70. The van der Waals surface area contributed by atoms with Crippen LogP contribution in [0.15, 0.2) is 53.9 Å². The fourth-order valence-electron chi connectivity index (χ4n) is 2.60. The molecule has 0 saturated heterocycles. The van der Waals surface area contributed by atoms with Crippen LogP contribution in [0.3, 0.4) is 0 Å². The molecule has 1 aromatic heterocycles. The van der Waals surface area contributed by atoms with Gasteiger partial charge in [0.1, 0.15) is 17.2 Å². The highest BCUT2D eigenvalue weighted by atomic mass is 32.1. The number of benzene rings is 2. The van der Waals surface area contributed by atoms with Crippen molar-refractivity contribution in [1.29, 1.82) is 0 Å². The van der Waals surface area contributed by atoms with Gasteiger partial charge in [-0.05, 0) is 24.1 Å². The number of nitrogens with one attached hydrogen (secondary N) is 2. The van der Waals surface area contributed by atoms with E-state index >= 15 is 0 Å². The average molecular weight is 411 g/mol. The molecule has 0 radical (unpaired) electrons. The summed E-state index contributed by atoms with van der Waals surface area (Å²) in [6.45, 7) is 0.506. The van der Waals surface area contributed by atoms with Crippen LogP contribution in [0.4, 0.5) is 5.13 Å². The second-order valence-corrected chi connectivity index (χ2v) is 6.94. The third kappa shape index (κ3) is 5.55. The third-order valence-electron chi connectivity index (χ3n) is 4.11. The number of hydrogen-bond acceptors (Lipinski definition) is 6. The number of rotatable bonds is 8. The van der Waals surface area contributed by atoms with Gasteiger partial charge in [-0.3, -0.25) is 14.9 Å². The normalized spacial score (nSPS) is 10.3. The van der Waals surface area contributed by atoms with E-state index in [1.54, 1.807) is 23.6 Å². The zero-order chi connectivity index (χ0) is 20.6. The molecule has 3 aromatic rings. The summed E-state index contributed by atoms with van der Waals surface area (Å²) in [5, 5.41) is 7.48. The monoisotopic (exact) mass is 411 g/mol. The number of anilines is 1. The van der Waals surface area contributed by atoms with E-state index in [1.807, 2.05) is 30.3 Å². The number of methoxy groups -OCH3 is 2. The standard InChI is InChI=1S/C21H21N3O4S/c1-27-16-10-15(11-17(12-16)28-2)19(25)24-21-23-18(13-29-21)20(26)22-9-8-14-6-4-3-5-7-14/h3-7,10-13H,8-9H2,1-2H3,(H,22,26)(H,23,24,25). The molecule has 2 amide bonds. The molecule has 0 atom stereocenters. The lowest BCUT2D eigenvalue weighted by Crippen LogP contribution is -2.26. The highest BCUT2D eigenvalue weighted by Crippen LogP contribution is 2.24. The van der Waals surface area contributed by atoms with Crippen LogP contribution in [0.2, 0.25) is 0 Å². The molecular weight excluding hydrogens is 390 g/mol. The fraction of sp³-hybridized carbons (Fsp3) is 0.190. The minimum absolute atomic E-state index is 0.265. The average Bonchev–Trinajstić information content (AvgIpc) is 3.22. The van der Waals surface area contributed by atoms with Crippen molar-refractivity contribution in [3.05, 3.63) is 70.7 Å². The Morgan fingerprint density at radius 1 is 1.00 bits per heavy atom. The number of hydrogen-bond donors (Lipinski definition) is 2. The van der Waals surface area contributed by atoms with E-state index in [2.05, 4.69) is 15.6 Å². The van der Waals surface area contributed by atoms with Gasteiger partial charge in [0.2, 0.25) is 0 Å². The molecule has 0 aliphatic rings. The molecule has 0 spiro atoms. The molecule has 2 aromatic carbocycles. The van der Waals surface area contributed by atoms with Crippen LogP contribution in [0.5, 0.6) is 11.5 Å². The molecule has 1 heterocycles. The zero-order valence-corrected chi connectivity index (χ0v) is 16.9. The smallest absolute Gasteiger partial charge is 0.270 e. The third-order valence-corrected chi connectivity index (χ3v) is 4.87. The van der Waals surface area contributed by atoms with Crippen molar-refractivity contribution < 1.29 is 19.1 Å². The zero-order valence-electron chi connectivity index (χ0n) is 16.1. The van der Waals surface area contributed by atoms with Crippen molar-refractivity contribution in [1.82, 2.24) is 10.3 Å². The number of aromatic nitrogens is 1. The quantitative estimate of drug-likeness (QED) is 0.593. The molecule has 0 unspecified atom stereocenters. The van der Waals surface area contributed by atoms with Gasteiger partial charge in [-0.2, -0.15) is 0 Å². The van der Waals surface area contributed by atoms with Crippen LogP contribution in [0.1, 0.15) is 26.4 Å². The molecule has 0 aliphatic carbocycles. The van der Waals surface area contributed by atoms with E-state index in [0.717, 1.165) is 12.0 Å². The molecule has 0 saturated carbocycles. The molecule has 8 heteroatoms. The van der Waals surface area contributed by atoms with Crippen molar-refractivity contribution in [3.8, 4) is 11.5 Å². The van der Waals surface area contributed by atoms with E-state index in [-0.39, 0.29) is 17.5 Å². The molecule has 2 N–H and O–H groups in total. The summed E-state index contributed by atoms with van der Waals surface area (Å²) < 4.78 is 10.4. The predicted octanol–water partition coefficient (Wildman–Crippen LogP) is 3.39. The van der Waals surface area contributed by atoms with Crippen LogP contribution < -0.4 is 20.1 Å². The van der Waals surface area contributed by atoms with Gasteiger partial charge in [-0.15, -0.1) is 11.3 Å². The molecular formula is C21H21N3O4S. The summed E-state index contributed by atoms with van der Waals surface area (Å²) >= 11 is 1.18. The number of ether oxygens (including phenoxy) is 2. The molecule has 0 bridgehead atoms. The van der Waals surface area contributed by atoms with Gasteiger partial charge in [-0.1, -0.05) is 30.3 Å². The Bertz CT molecular complexity index is 966. The largest absolute Gasteiger partial charge is 0.497 e. The molecule has 29 heavy (non-hydrogen) atoms. The van der Waals surface area contributed by atoms with Crippen molar-refractivity contribution in [2.45, 2.75) is 6.42 Å². The Morgan fingerprint density at radius 2 is 1.69 bits per heavy atom. The molecule has 7 nitrogen and oxygen atoms in total. The summed E-state index contributed by atoms with van der Waals surface area (Å²) in [4.78, 5) is 29.0. The summed E-state index contributed by atoms with van der Waals surface area (Å²) in [6.07, 6.45) is 0.734. The van der Waals surface area contributed by atoms with Gasteiger partial charge < -0.3 is 14.8 Å². The first kappa shape index (κ1) is 20.3. The lowest BCUT2D eigenvalue weighted by molar-refractivity contribution is 0.0948. The maximum absolute atomic E-state index is 12.5. The number of carbonyl (C=O) groups excluding carboxylic acids is 2. The molecule has 0 aliphatic heterocycles. The lowest BCUT2D eigenvalue weighted by Gasteiger charge is -2.08. The SMILES string of the molecule is COc1cc(OC)cc(C(=O)Nc2nc(C(=O)NCCc3ccccc3)cs2)c1. The highest BCUT2D eigenvalue weighted by molar-refractivity contribution is 7.14. The summed E-state index contributed by atoms with van der Waals surface area (Å²) in [5.74, 6) is 0.368. The maximum Gasteiger partial charge on any atom is 0.270 e. The van der Waals surface area contributed by atoms with Crippen molar-refractivity contribution in [3.63, 3.8) is 0 Å². The first-order chi connectivity index (χ1) is 14.1. The van der Waals surface area contributed by atoms with Crippen molar-refractivity contribution in [2.24, 2.45) is 0 Å². The first-order valence-electron chi connectivity index (χ1n) is 8.91. The summed E-state index contributed by atoms with van der Waals surface area (Å²) in [6, 6.07) is 14.8. The van der Waals surface area contributed by atoms with Gasteiger partial charge in [0.15, 0.2) is 5.13 Å². The van der Waals surface area contributed by atoms with Crippen LogP contribution in [0, 0.1) is 0 Å². The summed E-state index contributed by atoms with van der Waals surface area (Å²) in [5.41, 5.74) is 1.78. The lowest BCUT2D eigenvalue weighted by atomic mass is 10.1. The van der Waals surface area contributed by atoms with Crippen molar-refractivity contribution in [2.75, 3.05) is 26.1 Å². The van der Waals surface area contributed by atoms with E-state index in [4.69, 9.17) is 9.47 Å². The maximum atomic E-state index is 12.5. The summed E-state index contributed by atoms with van der Waals surface area (Å²) in [7, 11) is 3.03. The number of amides is 2. The number of carbonyl (C=O) groups is 2. The Labute approximate surface area is 172 Å². The van der Waals surface area contributed by atoms with Gasteiger partial charge in [0.25, 0.3) is 11.8 Å². The Kier molecular flexibility index (Phi) is 6.80. The van der Waals surface area contributed by atoms with Crippen LogP contribution >= 0.6 is 11.3 Å². The van der Waals surface area contributed by atoms with Gasteiger partial charge >= 0.3 is 0 Å². The molecule has 3 rings (SSSR count). The van der Waals surface area contributed by atoms with Gasteiger partial charge in [-0.25, -0.2) is 4.98 Å². The Hall–Kier alpha value is -3.39. The van der Waals surface area contributed by atoms with Crippen LogP contribution in [0.25, 0.3) is 0 Å². The fourth-order valence-corrected chi connectivity index (χ4v) is 3.28. The van der Waals surface area contributed by atoms with Gasteiger partial charge in [0.05, 0.1) is 14.2 Å². The van der Waals surface area contributed by atoms with E-state index in [9.17, 15) is 9.59 Å². The first-order valence-corrected chi connectivity index (χ1v) is 9.79. The van der Waals surface area contributed by atoms with E-state index in [0.29, 0.717) is 28.7 Å². The van der Waals surface area contributed by atoms with Crippen LogP contribution in [-0.2, 0) is 6.42 Å².